The molecular formula is C15H28N2O4. The molecule has 1 aliphatic carbocycles. The second kappa shape index (κ2) is 7.75. The van der Waals surface area contributed by atoms with Gasteiger partial charge in [-0.3, -0.25) is 9.59 Å². The molecule has 0 saturated heterocycles. The predicted molar refractivity (Wildman–Crippen MR) is 79.5 cm³/mol. The quantitative estimate of drug-likeness (QED) is 0.553. The molecular weight excluding hydrogens is 272 g/mol. The number of carboxylic acids is 1. The molecule has 0 aliphatic heterocycles. The minimum absolute atomic E-state index is 0.177. The Kier molecular flexibility index (Phi) is 6.61. The number of carboxylic acid groups (broad SMARTS) is 1. The maximum absolute atomic E-state index is 11.4. The smallest absolute Gasteiger partial charge is 0.309 e. The highest BCUT2D eigenvalue weighted by molar-refractivity contribution is 5.73. The van der Waals surface area contributed by atoms with E-state index in [1.807, 2.05) is 0 Å². The maximum atomic E-state index is 11.4. The molecule has 1 fully saturated rings. The van der Waals surface area contributed by atoms with Gasteiger partial charge in [0.2, 0.25) is 5.91 Å². The van der Waals surface area contributed by atoms with E-state index in [0.717, 1.165) is 12.8 Å². The third kappa shape index (κ3) is 4.41. The average molecular weight is 300 g/mol. The fourth-order valence-corrected chi connectivity index (χ4v) is 3.45. The topological polar surface area (TPSA) is 113 Å². The lowest BCUT2D eigenvalue weighted by atomic mass is 9.83. The molecule has 0 heterocycles. The van der Waals surface area contributed by atoms with Crippen molar-refractivity contribution in [1.29, 1.82) is 0 Å². The molecule has 1 saturated carbocycles. The number of aliphatic hydroxyl groups excluding tert-OH is 1. The Labute approximate surface area is 126 Å². The Morgan fingerprint density at radius 2 is 1.90 bits per heavy atom. The molecule has 6 heteroatoms. The summed E-state index contributed by atoms with van der Waals surface area (Å²) in [6.45, 7) is 5.61. The van der Waals surface area contributed by atoms with Crippen molar-refractivity contribution in [2.45, 2.75) is 64.6 Å². The van der Waals surface area contributed by atoms with Crippen LogP contribution in [0, 0.1) is 17.8 Å². The summed E-state index contributed by atoms with van der Waals surface area (Å²) < 4.78 is 0. The summed E-state index contributed by atoms with van der Waals surface area (Å²) in [5, 5.41) is 22.3. The normalized spacial score (nSPS) is 30.4. The van der Waals surface area contributed by atoms with Crippen molar-refractivity contribution < 1.29 is 19.8 Å². The largest absolute Gasteiger partial charge is 0.481 e. The van der Waals surface area contributed by atoms with E-state index < -0.39 is 30.0 Å². The van der Waals surface area contributed by atoms with E-state index in [2.05, 4.69) is 19.2 Å². The Morgan fingerprint density at radius 3 is 2.29 bits per heavy atom. The van der Waals surface area contributed by atoms with Crippen LogP contribution in [0.4, 0.5) is 0 Å². The highest BCUT2D eigenvalue weighted by atomic mass is 16.4. The van der Waals surface area contributed by atoms with Gasteiger partial charge in [0.05, 0.1) is 12.0 Å². The van der Waals surface area contributed by atoms with Crippen molar-refractivity contribution in [2.24, 2.45) is 23.5 Å². The number of nitrogens with one attached hydrogen (secondary N) is 1. The lowest BCUT2D eigenvalue weighted by Crippen LogP contribution is -2.49. The van der Waals surface area contributed by atoms with Gasteiger partial charge in [0.25, 0.3) is 0 Å². The summed E-state index contributed by atoms with van der Waals surface area (Å²) in [5.41, 5.74) is 6.06. The number of rotatable bonds is 7. The maximum Gasteiger partial charge on any atom is 0.309 e. The van der Waals surface area contributed by atoms with Crippen LogP contribution in [0.25, 0.3) is 0 Å². The number of aliphatic hydroxyl groups is 1. The average Bonchev–Trinajstić information content (AvgIpc) is 2.69. The zero-order valence-corrected chi connectivity index (χ0v) is 13.1. The van der Waals surface area contributed by atoms with Crippen LogP contribution in [-0.4, -0.2) is 40.3 Å². The summed E-state index contributed by atoms with van der Waals surface area (Å²) in [5.74, 6) is -2.03. The summed E-state index contributed by atoms with van der Waals surface area (Å²) in [6.07, 6.45) is 1.91. The minimum Gasteiger partial charge on any atom is -0.481 e. The monoisotopic (exact) mass is 300 g/mol. The first kappa shape index (κ1) is 17.9. The highest BCUT2D eigenvalue weighted by Crippen LogP contribution is 2.35. The van der Waals surface area contributed by atoms with Crippen molar-refractivity contribution in [3.05, 3.63) is 0 Å². The Hall–Kier alpha value is -1.14. The van der Waals surface area contributed by atoms with Crippen molar-refractivity contribution in [3.63, 3.8) is 0 Å². The third-order valence-corrected chi connectivity index (χ3v) is 4.74. The molecule has 0 aromatic carbocycles. The van der Waals surface area contributed by atoms with Gasteiger partial charge in [-0.1, -0.05) is 26.7 Å². The van der Waals surface area contributed by atoms with Gasteiger partial charge in [0, 0.05) is 24.9 Å². The van der Waals surface area contributed by atoms with Gasteiger partial charge < -0.3 is 21.3 Å². The SMILES string of the molecule is CCC(CC)CC(NC(C)=O)C1C(N)CC(C(=O)O)C1O. The molecule has 1 amide bonds. The van der Waals surface area contributed by atoms with Crippen molar-refractivity contribution in [2.75, 3.05) is 0 Å². The van der Waals surface area contributed by atoms with Crippen molar-refractivity contribution >= 4 is 11.9 Å². The number of nitrogens with two attached hydrogens (primary N) is 1. The molecule has 21 heavy (non-hydrogen) atoms. The van der Waals surface area contributed by atoms with Crippen LogP contribution in [-0.2, 0) is 9.59 Å². The molecule has 5 atom stereocenters. The van der Waals surface area contributed by atoms with Gasteiger partial charge in [0.1, 0.15) is 0 Å². The van der Waals surface area contributed by atoms with Crippen LogP contribution >= 0.6 is 0 Å². The summed E-state index contributed by atoms with van der Waals surface area (Å²) >= 11 is 0. The second-order valence-electron chi connectivity index (χ2n) is 6.14. The second-order valence-corrected chi connectivity index (χ2v) is 6.14. The number of carbonyl (C=O) groups is 2. The molecule has 122 valence electrons. The molecule has 0 aromatic rings. The van der Waals surface area contributed by atoms with Gasteiger partial charge in [0.15, 0.2) is 0 Å². The number of aliphatic carboxylic acids is 1. The van der Waals surface area contributed by atoms with Gasteiger partial charge in [-0.15, -0.1) is 0 Å². The van der Waals surface area contributed by atoms with Gasteiger partial charge in [-0.05, 0) is 18.8 Å². The lowest BCUT2D eigenvalue weighted by molar-refractivity contribution is -0.145. The predicted octanol–water partition coefficient (Wildman–Crippen LogP) is 0.726. The van der Waals surface area contributed by atoms with E-state index in [1.54, 1.807) is 0 Å². The van der Waals surface area contributed by atoms with E-state index in [4.69, 9.17) is 10.8 Å². The van der Waals surface area contributed by atoms with E-state index in [-0.39, 0.29) is 18.4 Å². The van der Waals surface area contributed by atoms with Crippen LogP contribution in [0.1, 0.15) is 46.5 Å². The first-order chi connectivity index (χ1) is 9.81. The zero-order valence-electron chi connectivity index (χ0n) is 13.1. The molecule has 5 unspecified atom stereocenters. The fourth-order valence-electron chi connectivity index (χ4n) is 3.45. The molecule has 0 aromatic heterocycles. The third-order valence-electron chi connectivity index (χ3n) is 4.74. The van der Waals surface area contributed by atoms with Crippen molar-refractivity contribution in [1.82, 2.24) is 5.32 Å². The number of hydrogen-bond acceptors (Lipinski definition) is 4. The molecule has 5 N–H and O–H groups in total. The van der Waals surface area contributed by atoms with Crippen LogP contribution in [0.5, 0.6) is 0 Å². The lowest BCUT2D eigenvalue weighted by Gasteiger charge is -2.32. The Bertz CT molecular complexity index is 371. The number of hydrogen-bond donors (Lipinski definition) is 4. The molecule has 0 bridgehead atoms. The van der Waals surface area contributed by atoms with Crippen LogP contribution in [0.2, 0.25) is 0 Å². The first-order valence-electron chi connectivity index (χ1n) is 7.75. The molecule has 1 aliphatic rings. The molecule has 1 rings (SSSR count). The van der Waals surface area contributed by atoms with Crippen molar-refractivity contribution in [3.8, 4) is 0 Å². The van der Waals surface area contributed by atoms with Crippen LogP contribution in [0.3, 0.4) is 0 Å². The zero-order chi connectivity index (χ0) is 16.2. The highest BCUT2D eigenvalue weighted by Gasteiger charge is 2.48. The molecule has 6 nitrogen and oxygen atoms in total. The van der Waals surface area contributed by atoms with Gasteiger partial charge in [-0.25, -0.2) is 0 Å². The van der Waals surface area contributed by atoms with E-state index >= 15 is 0 Å². The molecule has 0 spiro atoms. The summed E-state index contributed by atoms with van der Waals surface area (Å²) in [4.78, 5) is 22.6. The molecule has 0 radical (unpaired) electrons. The van der Waals surface area contributed by atoms with E-state index in [0.29, 0.717) is 12.3 Å². The van der Waals surface area contributed by atoms with Gasteiger partial charge in [-0.2, -0.15) is 0 Å². The minimum atomic E-state index is -1.02. The fraction of sp³-hybridized carbons (Fsp3) is 0.867. The van der Waals surface area contributed by atoms with E-state index in [9.17, 15) is 14.7 Å². The van der Waals surface area contributed by atoms with Crippen LogP contribution < -0.4 is 11.1 Å². The number of carbonyl (C=O) groups excluding carboxylic acids is 1. The Balaban J connectivity index is 2.91. The standard InChI is InChI=1S/C15H28N2O4/c1-4-9(5-2)6-12(17-8(3)18)13-11(16)7-10(14(13)19)15(20)21/h9-14,19H,4-7,16H2,1-3H3,(H,17,18)(H,20,21). The Morgan fingerprint density at radius 1 is 1.33 bits per heavy atom. The van der Waals surface area contributed by atoms with Gasteiger partial charge >= 0.3 is 5.97 Å². The first-order valence-corrected chi connectivity index (χ1v) is 7.75. The van der Waals surface area contributed by atoms with Crippen LogP contribution in [0.15, 0.2) is 0 Å². The summed E-state index contributed by atoms with van der Waals surface area (Å²) in [6, 6.07) is -0.686. The summed E-state index contributed by atoms with van der Waals surface area (Å²) in [7, 11) is 0. The number of amides is 1. The van der Waals surface area contributed by atoms with E-state index in [1.165, 1.54) is 6.92 Å².